The Morgan fingerprint density at radius 1 is 1.40 bits per heavy atom. The number of aromatic nitrogens is 2. The average Bonchev–Trinajstić information content (AvgIpc) is 3.04. The van der Waals surface area contributed by atoms with Gasteiger partial charge in [0.25, 0.3) is 5.91 Å². The predicted molar refractivity (Wildman–Crippen MR) is 84.1 cm³/mol. The van der Waals surface area contributed by atoms with E-state index >= 15 is 0 Å². The Labute approximate surface area is 128 Å². The number of carbonyl (C=O) groups is 1. The lowest BCUT2D eigenvalue weighted by molar-refractivity contribution is 0.0945. The number of H-pyrrole nitrogens is 1. The lowest BCUT2D eigenvalue weighted by atomic mass is 10.3. The van der Waals surface area contributed by atoms with Crippen LogP contribution in [0.2, 0.25) is 0 Å². The number of hydrogen-bond acceptors (Lipinski definition) is 3. The van der Waals surface area contributed by atoms with Gasteiger partial charge in [-0.1, -0.05) is 12.1 Å². The molecule has 3 rings (SSSR count). The first-order chi connectivity index (χ1) is 9.72. The predicted octanol–water partition coefficient (Wildman–Crippen LogP) is 3.36. The van der Waals surface area contributed by atoms with Gasteiger partial charge in [0.2, 0.25) is 0 Å². The van der Waals surface area contributed by atoms with E-state index in [9.17, 15) is 4.79 Å². The minimum atomic E-state index is -0.170. The van der Waals surface area contributed by atoms with Crippen LogP contribution in [0.25, 0.3) is 11.0 Å². The highest BCUT2D eigenvalue weighted by molar-refractivity contribution is 9.10. The third-order valence-corrected chi connectivity index (χ3v) is 4.64. The number of benzene rings is 1. The highest BCUT2D eigenvalue weighted by Crippen LogP contribution is 2.19. The summed E-state index contributed by atoms with van der Waals surface area (Å²) in [6, 6.07) is 9.67. The van der Waals surface area contributed by atoms with Crippen molar-refractivity contribution in [2.45, 2.75) is 6.42 Å². The maximum absolute atomic E-state index is 12.0. The quantitative estimate of drug-likeness (QED) is 0.758. The van der Waals surface area contributed by atoms with Crippen LogP contribution in [0.5, 0.6) is 0 Å². The van der Waals surface area contributed by atoms with Crippen molar-refractivity contribution in [3.05, 3.63) is 50.9 Å². The monoisotopic (exact) mass is 349 g/mol. The second-order valence-electron chi connectivity index (χ2n) is 4.34. The first-order valence-corrected chi connectivity index (χ1v) is 7.85. The smallest absolute Gasteiger partial charge is 0.287 e. The number of halogens is 1. The molecule has 4 nitrogen and oxygen atoms in total. The Morgan fingerprint density at radius 3 is 3.00 bits per heavy atom. The summed E-state index contributed by atoms with van der Waals surface area (Å²) in [4.78, 5) is 20.5. The normalized spacial score (nSPS) is 10.8. The van der Waals surface area contributed by atoms with Crippen LogP contribution >= 0.6 is 27.3 Å². The Hall–Kier alpha value is -1.66. The number of hydrogen-bond donors (Lipinski definition) is 2. The molecule has 1 amide bonds. The summed E-state index contributed by atoms with van der Waals surface area (Å²) in [6.45, 7) is 0.600. The standard InChI is InChI=1S/C14H12BrN3OS/c15-9-7-10(20-8-9)5-6-16-14(19)13-17-11-3-1-2-4-12(11)18-13/h1-4,7-8H,5-6H2,(H,16,19)(H,17,18). The third kappa shape index (κ3) is 2.91. The highest BCUT2D eigenvalue weighted by atomic mass is 79.9. The summed E-state index contributed by atoms with van der Waals surface area (Å²) in [6.07, 6.45) is 0.822. The molecular weight excluding hydrogens is 338 g/mol. The van der Waals surface area contributed by atoms with E-state index in [-0.39, 0.29) is 5.91 Å². The van der Waals surface area contributed by atoms with E-state index in [1.54, 1.807) is 11.3 Å². The van der Waals surface area contributed by atoms with E-state index in [1.165, 1.54) is 4.88 Å². The molecule has 102 valence electrons. The third-order valence-electron chi connectivity index (χ3n) is 2.88. The zero-order valence-electron chi connectivity index (χ0n) is 10.5. The van der Waals surface area contributed by atoms with E-state index in [1.807, 2.05) is 29.6 Å². The van der Waals surface area contributed by atoms with Crippen molar-refractivity contribution in [3.8, 4) is 0 Å². The van der Waals surface area contributed by atoms with Crippen molar-refractivity contribution in [2.75, 3.05) is 6.54 Å². The topological polar surface area (TPSA) is 57.8 Å². The van der Waals surface area contributed by atoms with Gasteiger partial charge in [0.05, 0.1) is 11.0 Å². The molecule has 0 spiro atoms. The number of aromatic amines is 1. The van der Waals surface area contributed by atoms with Gasteiger partial charge in [-0.15, -0.1) is 11.3 Å². The molecule has 3 aromatic rings. The molecule has 0 fully saturated rings. The van der Waals surface area contributed by atoms with Crippen LogP contribution in [0, 0.1) is 0 Å². The van der Waals surface area contributed by atoms with Gasteiger partial charge in [-0.2, -0.15) is 0 Å². The van der Waals surface area contributed by atoms with Gasteiger partial charge in [-0.05, 0) is 40.5 Å². The van der Waals surface area contributed by atoms with Gasteiger partial charge < -0.3 is 10.3 Å². The molecule has 2 heterocycles. The number of rotatable bonds is 4. The summed E-state index contributed by atoms with van der Waals surface area (Å²) < 4.78 is 1.08. The molecule has 0 saturated heterocycles. The van der Waals surface area contributed by atoms with Gasteiger partial charge in [-0.3, -0.25) is 4.79 Å². The number of carbonyl (C=O) groups excluding carboxylic acids is 1. The summed E-state index contributed by atoms with van der Waals surface area (Å²) in [5, 5.41) is 4.91. The number of para-hydroxylation sites is 2. The van der Waals surface area contributed by atoms with E-state index in [0.29, 0.717) is 12.4 Å². The lowest BCUT2D eigenvalue weighted by Gasteiger charge is -2.01. The number of thiophene rings is 1. The molecule has 2 aromatic heterocycles. The van der Waals surface area contributed by atoms with E-state index < -0.39 is 0 Å². The molecule has 0 radical (unpaired) electrons. The molecule has 6 heteroatoms. The van der Waals surface area contributed by atoms with Crippen LogP contribution in [0.15, 0.2) is 40.2 Å². The Morgan fingerprint density at radius 2 is 2.25 bits per heavy atom. The fourth-order valence-electron chi connectivity index (χ4n) is 1.93. The van der Waals surface area contributed by atoms with Crippen LogP contribution < -0.4 is 5.32 Å². The van der Waals surface area contributed by atoms with Crippen molar-refractivity contribution >= 4 is 44.2 Å². The number of fused-ring (bicyclic) bond motifs is 1. The summed E-state index contributed by atoms with van der Waals surface area (Å²) in [5.41, 5.74) is 1.68. The molecular formula is C14H12BrN3OS. The van der Waals surface area contributed by atoms with Crippen LogP contribution in [0.3, 0.4) is 0 Å². The molecule has 0 aliphatic rings. The van der Waals surface area contributed by atoms with Gasteiger partial charge in [-0.25, -0.2) is 4.98 Å². The van der Waals surface area contributed by atoms with E-state index in [2.05, 4.69) is 37.3 Å². The fourth-order valence-corrected chi connectivity index (χ4v) is 3.38. The maximum atomic E-state index is 12.0. The average molecular weight is 350 g/mol. The van der Waals surface area contributed by atoms with Crippen molar-refractivity contribution in [2.24, 2.45) is 0 Å². The number of amides is 1. The first-order valence-electron chi connectivity index (χ1n) is 6.18. The van der Waals surface area contributed by atoms with Crippen molar-refractivity contribution in [1.82, 2.24) is 15.3 Å². The SMILES string of the molecule is O=C(NCCc1cc(Br)cs1)c1nc2ccccc2[nH]1. The minimum absolute atomic E-state index is 0.170. The van der Waals surface area contributed by atoms with Crippen molar-refractivity contribution in [3.63, 3.8) is 0 Å². The highest BCUT2D eigenvalue weighted by Gasteiger charge is 2.10. The summed E-state index contributed by atoms with van der Waals surface area (Å²) in [7, 11) is 0. The zero-order chi connectivity index (χ0) is 13.9. The van der Waals surface area contributed by atoms with Crippen LogP contribution in [-0.4, -0.2) is 22.4 Å². The molecule has 0 bridgehead atoms. The van der Waals surface area contributed by atoms with Crippen LogP contribution in [-0.2, 0) is 6.42 Å². The molecule has 2 N–H and O–H groups in total. The molecule has 0 saturated carbocycles. The zero-order valence-corrected chi connectivity index (χ0v) is 12.9. The number of nitrogens with one attached hydrogen (secondary N) is 2. The Bertz CT molecular complexity index is 717. The maximum Gasteiger partial charge on any atom is 0.287 e. The number of nitrogens with zero attached hydrogens (tertiary/aromatic N) is 1. The Kier molecular flexibility index (Phi) is 3.84. The molecule has 0 aliphatic heterocycles. The Balaban J connectivity index is 1.61. The molecule has 0 atom stereocenters. The van der Waals surface area contributed by atoms with Crippen molar-refractivity contribution in [1.29, 1.82) is 0 Å². The van der Waals surface area contributed by atoms with Crippen molar-refractivity contribution < 1.29 is 4.79 Å². The van der Waals surface area contributed by atoms with E-state index in [4.69, 9.17) is 0 Å². The second kappa shape index (κ2) is 5.76. The molecule has 20 heavy (non-hydrogen) atoms. The molecule has 0 unspecified atom stereocenters. The number of imidazole rings is 1. The first kappa shape index (κ1) is 13.3. The fraction of sp³-hybridized carbons (Fsp3) is 0.143. The second-order valence-corrected chi connectivity index (χ2v) is 6.25. The molecule has 1 aromatic carbocycles. The summed E-state index contributed by atoms with van der Waals surface area (Å²) in [5.74, 6) is 0.190. The lowest BCUT2D eigenvalue weighted by Crippen LogP contribution is -2.26. The van der Waals surface area contributed by atoms with Crippen LogP contribution in [0.1, 0.15) is 15.5 Å². The van der Waals surface area contributed by atoms with Gasteiger partial charge in [0, 0.05) is 21.3 Å². The van der Waals surface area contributed by atoms with Gasteiger partial charge in [0.1, 0.15) is 0 Å². The van der Waals surface area contributed by atoms with Gasteiger partial charge in [0.15, 0.2) is 5.82 Å². The van der Waals surface area contributed by atoms with E-state index in [0.717, 1.165) is 21.9 Å². The van der Waals surface area contributed by atoms with Gasteiger partial charge >= 0.3 is 0 Å². The molecule has 0 aliphatic carbocycles. The summed E-state index contributed by atoms with van der Waals surface area (Å²) >= 11 is 5.10. The van der Waals surface area contributed by atoms with Crippen LogP contribution in [0.4, 0.5) is 0 Å². The largest absolute Gasteiger partial charge is 0.349 e. The minimum Gasteiger partial charge on any atom is -0.349 e.